The van der Waals surface area contributed by atoms with Gasteiger partial charge in [0.05, 0.1) is 19.2 Å². The molecule has 0 amide bonds. The first-order valence-electron chi connectivity index (χ1n) is 6.38. The predicted molar refractivity (Wildman–Crippen MR) is 68.0 cm³/mol. The molecule has 0 radical (unpaired) electrons. The Balaban J connectivity index is 1.83. The maximum Gasteiger partial charge on any atom is 0.310 e. The van der Waals surface area contributed by atoms with Gasteiger partial charge in [0.15, 0.2) is 0 Å². The first-order valence-corrected chi connectivity index (χ1v) is 6.38. The number of nitrogens with zero attached hydrogens (tertiary/aromatic N) is 3. The lowest BCUT2D eigenvalue weighted by Crippen LogP contribution is -2.26. The number of rotatable bonds is 4. The van der Waals surface area contributed by atoms with Crippen molar-refractivity contribution in [1.82, 2.24) is 14.7 Å². The fourth-order valence-corrected chi connectivity index (χ4v) is 2.60. The van der Waals surface area contributed by atoms with Crippen molar-refractivity contribution in [3.05, 3.63) is 18.0 Å². The zero-order valence-electron chi connectivity index (χ0n) is 11.3. The maximum absolute atomic E-state index is 11.6. The maximum atomic E-state index is 11.6. The van der Waals surface area contributed by atoms with Gasteiger partial charge in [0.2, 0.25) is 0 Å². The number of carbonyl (C=O) groups excluding carboxylic acids is 1. The van der Waals surface area contributed by atoms with Crippen LogP contribution in [0.4, 0.5) is 0 Å². The van der Waals surface area contributed by atoms with Gasteiger partial charge in [0, 0.05) is 32.9 Å². The zero-order valence-corrected chi connectivity index (χ0v) is 11.3. The minimum Gasteiger partial charge on any atom is -0.469 e. The van der Waals surface area contributed by atoms with Crippen LogP contribution < -0.4 is 0 Å². The molecule has 1 aliphatic heterocycles. The van der Waals surface area contributed by atoms with Crippen LogP contribution >= 0.6 is 0 Å². The highest BCUT2D eigenvalue weighted by Crippen LogP contribution is 2.24. The van der Waals surface area contributed by atoms with Crippen LogP contribution in [0.25, 0.3) is 0 Å². The fraction of sp³-hybridized carbons (Fsp3) is 0.692. The van der Waals surface area contributed by atoms with Crippen molar-refractivity contribution < 1.29 is 9.53 Å². The Bertz CT molecular complexity index is 416. The summed E-state index contributed by atoms with van der Waals surface area (Å²) in [5.41, 5.74) is 1.24. The van der Waals surface area contributed by atoms with Crippen molar-refractivity contribution in [3.63, 3.8) is 0 Å². The van der Waals surface area contributed by atoms with Gasteiger partial charge >= 0.3 is 5.97 Å². The molecular weight excluding hydrogens is 230 g/mol. The molecule has 0 spiro atoms. The highest BCUT2D eigenvalue weighted by molar-refractivity contribution is 5.73. The van der Waals surface area contributed by atoms with Gasteiger partial charge < -0.3 is 9.64 Å². The van der Waals surface area contributed by atoms with Crippen molar-refractivity contribution in [3.8, 4) is 0 Å². The molecule has 1 aromatic heterocycles. The summed E-state index contributed by atoms with van der Waals surface area (Å²) in [5.74, 6) is 0.335. The lowest BCUT2D eigenvalue weighted by Gasteiger charge is -2.14. The van der Waals surface area contributed by atoms with E-state index in [9.17, 15) is 4.79 Å². The summed E-state index contributed by atoms with van der Waals surface area (Å²) in [5, 5.41) is 4.16. The van der Waals surface area contributed by atoms with E-state index in [0.29, 0.717) is 5.92 Å². The Labute approximate surface area is 108 Å². The molecule has 5 heteroatoms. The average molecular weight is 251 g/mol. The van der Waals surface area contributed by atoms with Gasteiger partial charge in [-0.2, -0.15) is 5.10 Å². The van der Waals surface area contributed by atoms with Gasteiger partial charge in [-0.3, -0.25) is 9.48 Å². The molecule has 0 saturated carbocycles. The van der Waals surface area contributed by atoms with E-state index in [1.807, 2.05) is 24.1 Å². The number of hydrogen-bond acceptors (Lipinski definition) is 4. The van der Waals surface area contributed by atoms with Crippen molar-refractivity contribution in [2.45, 2.75) is 13.3 Å². The molecule has 5 nitrogen and oxygen atoms in total. The second-order valence-corrected chi connectivity index (χ2v) is 5.14. The molecule has 0 aromatic carbocycles. The van der Waals surface area contributed by atoms with Crippen LogP contribution in [0.5, 0.6) is 0 Å². The molecule has 2 atom stereocenters. The van der Waals surface area contributed by atoms with E-state index >= 15 is 0 Å². The summed E-state index contributed by atoms with van der Waals surface area (Å²) in [6.07, 6.45) is 4.92. The van der Waals surface area contributed by atoms with E-state index in [4.69, 9.17) is 4.74 Å². The molecule has 1 aliphatic rings. The van der Waals surface area contributed by atoms with Crippen LogP contribution in [-0.2, 0) is 23.0 Å². The number of hydrogen-bond donors (Lipinski definition) is 0. The third-order valence-corrected chi connectivity index (χ3v) is 3.67. The number of methoxy groups -OCH3 is 1. The van der Waals surface area contributed by atoms with Gasteiger partial charge in [0.25, 0.3) is 0 Å². The van der Waals surface area contributed by atoms with E-state index < -0.39 is 0 Å². The minimum atomic E-state index is -0.0774. The topological polar surface area (TPSA) is 47.4 Å². The molecule has 0 N–H and O–H groups in total. The summed E-state index contributed by atoms with van der Waals surface area (Å²) in [6, 6.07) is 0. The average Bonchev–Trinajstić information content (AvgIpc) is 2.92. The molecule has 2 unspecified atom stereocenters. The normalized spacial score (nSPS) is 24.4. The lowest BCUT2D eigenvalue weighted by atomic mass is 9.99. The Hall–Kier alpha value is -1.36. The Morgan fingerprint density at radius 1 is 1.56 bits per heavy atom. The standard InChI is InChI=1S/C13H21N3O2/c1-10-7-16(9-12(10)13(17)18-3)5-4-11-6-14-15(2)8-11/h6,8,10,12H,4-5,7,9H2,1-3H3. The molecular formula is C13H21N3O2. The number of aromatic nitrogens is 2. The van der Waals surface area contributed by atoms with Crippen LogP contribution in [0.1, 0.15) is 12.5 Å². The van der Waals surface area contributed by atoms with Gasteiger partial charge in [0.1, 0.15) is 0 Å². The third-order valence-electron chi connectivity index (χ3n) is 3.67. The van der Waals surface area contributed by atoms with E-state index in [1.54, 1.807) is 0 Å². The lowest BCUT2D eigenvalue weighted by molar-refractivity contribution is -0.146. The van der Waals surface area contributed by atoms with Gasteiger partial charge in [-0.1, -0.05) is 6.92 Å². The molecule has 0 aliphatic carbocycles. The quantitative estimate of drug-likeness (QED) is 0.739. The zero-order chi connectivity index (χ0) is 13.1. The van der Waals surface area contributed by atoms with E-state index in [2.05, 4.69) is 16.9 Å². The Morgan fingerprint density at radius 3 is 2.94 bits per heavy atom. The second-order valence-electron chi connectivity index (χ2n) is 5.14. The van der Waals surface area contributed by atoms with Gasteiger partial charge in [-0.15, -0.1) is 0 Å². The highest BCUT2D eigenvalue weighted by Gasteiger charge is 2.35. The summed E-state index contributed by atoms with van der Waals surface area (Å²) in [7, 11) is 3.39. The monoisotopic (exact) mass is 251 g/mol. The fourth-order valence-electron chi connectivity index (χ4n) is 2.60. The van der Waals surface area contributed by atoms with Crippen LogP contribution in [0.3, 0.4) is 0 Å². The van der Waals surface area contributed by atoms with Crippen LogP contribution in [-0.4, -0.2) is 47.4 Å². The molecule has 18 heavy (non-hydrogen) atoms. The van der Waals surface area contributed by atoms with Crippen molar-refractivity contribution in [2.24, 2.45) is 18.9 Å². The van der Waals surface area contributed by atoms with E-state index in [1.165, 1.54) is 12.7 Å². The largest absolute Gasteiger partial charge is 0.469 e. The third kappa shape index (κ3) is 2.90. The molecule has 0 bridgehead atoms. The number of aryl methyl sites for hydroxylation is 1. The number of ether oxygens (including phenoxy) is 1. The van der Waals surface area contributed by atoms with Crippen molar-refractivity contribution in [2.75, 3.05) is 26.7 Å². The molecule has 1 fully saturated rings. The molecule has 1 saturated heterocycles. The summed E-state index contributed by atoms with van der Waals surface area (Å²) in [6.45, 7) is 4.88. The number of likely N-dealkylation sites (tertiary alicyclic amines) is 1. The van der Waals surface area contributed by atoms with E-state index in [-0.39, 0.29) is 11.9 Å². The van der Waals surface area contributed by atoms with Crippen molar-refractivity contribution in [1.29, 1.82) is 0 Å². The van der Waals surface area contributed by atoms with Crippen molar-refractivity contribution >= 4 is 5.97 Å². The van der Waals surface area contributed by atoms with E-state index in [0.717, 1.165) is 26.1 Å². The number of carbonyl (C=O) groups is 1. The smallest absolute Gasteiger partial charge is 0.310 e. The van der Waals surface area contributed by atoms with Gasteiger partial charge in [-0.05, 0) is 17.9 Å². The molecule has 1 aromatic rings. The number of esters is 1. The summed E-state index contributed by atoms with van der Waals surface area (Å²) in [4.78, 5) is 13.9. The first-order chi connectivity index (χ1) is 8.60. The minimum absolute atomic E-state index is 0.0314. The summed E-state index contributed by atoms with van der Waals surface area (Å²) < 4.78 is 6.66. The predicted octanol–water partition coefficient (Wildman–Crippen LogP) is 0.703. The molecule has 2 heterocycles. The van der Waals surface area contributed by atoms with Gasteiger partial charge in [-0.25, -0.2) is 0 Å². The molecule has 100 valence electrons. The molecule has 2 rings (SSSR count). The SMILES string of the molecule is COC(=O)C1CN(CCc2cnn(C)c2)CC1C. The summed E-state index contributed by atoms with van der Waals surface area (Å²) >= 11 is 0. The Kier molecular flexibility index (Phi) is 4.01. The van der Waals surface area contributed by atoms with Crippen LogP contribution in [0, 0.1) is 11.8 Å². The first kappa shape index (κ1) is 13.1. The second kappa shape index (κ2) is 5.52. The Morgan fingerprint density at radius 2 is 2.33 bits per heavy atom. The highest BCUT2D eigenvalue weighted by atomic mass is 16.5. The van der Waals surface area contributed by atoms with Crippen LogP contribution in [0.2, 0.25) is 0 Å². The van der Waals surface area contributed by atoms with Crippen LogP contribution in [0.15, 0.2) is 12.4 Å².